The van der Waals surface area contributed by atoms with Crippen LogP contribution in [0.3, 0.4) is 0 Å². The van der Waals surface area contributed by atoms with Gasteiger partial charge in [0, 0.05) is 41.2 Å². The number of aromatic nitrogens is 2. The van der Waals surface area contributed by atoms with Crippen LogP contribution < -0.4 is 10.1 Å². The monoisotopic (exact) mass is 403 g/mol. The Bertz CT molecular complexity index is 1090. The quantitative estimate of drug-likeness (QED) is 0.522. The average Bonchev–Trinajstić information content (AvgIpc) is 3.16. The van der Waals surface area contributed by atoms with Gasteiger partial charge in [-0.25, -0.2) is 4.98 Å². The second-order valence-corrected chi connectivity index (χ2v) is 7.45. The van der Waals surface area contributed by atoms with Crippen molar-refractivity contribution < 1.29 is 13.9 Å². The van der Waals surface area contributed by atoms with Crippen molar-refractivity contribution in [2.24, 2.45) is 0 Å². The molecule has 3 aromatic heterocycles. The molecule has 130 valence electrons. The van der Waals surface area contributed by atoms with Gasteiger partial charge in [0.1, 0.15) is 20.7 Å². The molecule has 4 heterocycles. The highest BCUT2D eigenvalue weighted by atomic mass is 35.5. The van der Waals surface area contributed by atoms with Crippen LogP contribution in [0.2, 0.25) is 5.02 Å². The summed E-state index contributed by atoms with van der Waals surface area (Å²) in [6.45, 7) is 0. The summed E-state index contributed by atoms with van der Waals surface area (Å²) >= 11 is 12.4. The van der Waals surface area contributed by atoms with Crippen molar-refractivity contribution in [3.8, 4) is 17.0 Å². The lowest BCUT2D eigenvalue weighted by Crippen LogP contribution is -2.17. The summed E-state index contributed by atoms with van der Waals surface area (Å²) in [5.41, 5.74) is 2.11. The number of halogens is 1. The Morgan fingerprint density at radius 1 is 1.35 bits per heavy atom. The fourth-order valence-corrected chi connectivity index (χ4v) is 3.80. The van der Waals surface area contributed by atoms with Gasteiger partial charge >= 0.3 is 0 Å². The fourth-order valence-electron chi connectivity index (χ4n) is 2.53. The number of hydrogen-bond acceptors (Lipinski definition) is 7. The van der Waals surface area contributed by atoms with Crippen LogP contribution in [-0.4, -0.2) is 27.3 Å². The molecule has 0 aromatic carbocycles. The summed E-state index contributed by atoms with van der Waals surface area (Å²) < 4.78 is 11.4. The number of carbonyl (C=O) groups excluding carboxylic acids is 1. The zero-order valence-electron chi connectivity index (χ0n) is 13.3. The lowest BCUT2D eigenvalue weighted by atomic mass is 10.1. The summed E-state index contributed by atoms with van der Waals surface area (Å²) in [6.07, 6.45) is 6.66. The molecule has 1 N–H and O–H groups in total. The molecule has 1 aliphatic heterocycles. The Morgan fingerprint density at radius 2 is 2.19 bits per heavy atom. The van der Waals surface area contributed by atoms with Crippen LogP contribution in [0.1, 0.15) is 5.76 Å². The molecule has 4 rings (SSSR count). The Hall–Kier alpha value is -2.42. The van der Waals surface area contributed by atoms with Crippen molar-refractivity contribution >= 4 is 62.9 Å². The molecule has 0 unspecified atom stereocenters. The van der Waals surface area contributed by atoms with Gasteiger partial charge in [0.15, 0.2) is 0 Å². The van der Waals surface area contributed by atoms with E-state index in [9.17, 15) is 4.79 Å². The number of furan rings is 1. The maximum Gasteiger partial charge on any atom is 0.263 e. The Balaban J connectivity index is 1.79. The van der Waals surface area contributed by atoms with E-state index in [0.717, 1.165) is 16.5 Å². The first kappa shape index (κ1) is 17.0. The Labute approximate surface area is 162 Å². The van der Waals surface area contributed by atoms with E-state index in [4.69, 9.17) is 33.0 Å². The highest BCUT2D eigenvalue weighted by molar-refractivity contribution is 8.26. The van der Waals surface area contributed by atoms with E-state index >= 15 is 0 Å². The molecule has 3 aromatic rings. The van der Waals surface area contributed by atoms with E-state index in [1.165, 1.54) is 18.9 Å². The van der Waals surface area contributed by atoms with E-state index in [-0.39, 0.29) is 5.91 Å². The highest BCUT2D eigenvalue weighted by Gasteiger charge is 2.23. The second-order valence-electron chi connectivity index (χ2n) is 5.32. The molecule has 0 spiro atoms. The number of amides is 1. The molecule has 1 amide bonds. The second kappa shape index (κ2) is 6.71. The maximum atomic E-state index is 11.8. The molecular weight excluding hydrogens is 394 g/mol. The van der Waals surface area contributed by atoms with Crippen LogP contribution in [-0.2, 0) is 4.79 Å². The van der Waals surface area contributed by atoms with Gasteiger partial charge in [-0.3, -0.25) is 9.78 Å². The smallest absolute Gasteiger partial charge is 0.263 e. The third kappa shape index (κ3) is 3.07. The number of fused-ring (bicyclic) bond motifs is 1. The minimum atomic E-state index is -0.232. The standard InChI is InChI=1S/C17H10ClN3O3S2/c1-23-16-12(18)3-8(6-20-16)11-7-19-5-9-2-10(24-14(9)11)4-13-15(22)21-17(25)26-13/h2-7H,1H3,(H,21,22,25). The SMILES string of the molecule is COc1ncc(-c2cncc3cc(C=C4SC(=S)NC4=O)oc23)cc1Cl. The van der Waals surface area contributed by atoms with Crippen LogP contribution >= 0.6 is 35.6 Å². The first-order valence-corrected chi connectivity index (χ1v) is 8.98. The molecule has 0 bridgehead atoms. The van der Waals surface area contributed by atoms with Crippen LogP contribution in [0.4, 0.5) is 0 Å². The van der Waals surface area contributed by atoms with E-state index in [1.807, 2.05) is 6.07 Å². The molecule has 0 atom stereocenters. The minimum Gasteiger partial charge on any atom is -0.480 e. The number of ether oxygens (including phenoxy) is 1. The fraction of sp³-hybridized carbons (Fsp3) is 0.0588. The van der Waals surface area contributed by atoms with Crippen LogP contribution in [0, 0.1) is 0 Å². The summed E-state index contributed by atoms with van der Waals surface area (Å²) in [7, 11) is 1.51. The molecule has 0 radical (unpaired) electrons. The largest absolute Gasteiger partial charge is 0.480 e. The lowest BCUT2D eigenvalue weighted by molar-refractivity contribution is -0.115. The van der Waals surface area contributed by atoms with Crippen LogP contribution in [0.25, 0.3) is 28.2 Å². The van der Waals surface area contributed by atoms with Crippen molar-refractivity contribution in [3.05, 3.63) is 46.4 Å². The summed E-state index contributed by atoms with van der Waals surface area (Å²) in [5.74, 6) is 0.648. The van der Waals surface area contributed by atoms with E-state index in [1.54, 1.807) is 30.7 Å². The van der Waals surface area contributed by atoms with Gasteiger partial charge in [-0.15, -0.1) is 0 Å². The predicted octanol–water partition coefficient (Wildman–Crippen LogP) is 4.04. The maximum absolute atomic E-state index is 11.8. The minimum absolute atomic E-state index is 0.232. The zero-order chi connectivity index (χ0) is 18.3. The normalized spacial score (nSPS) is 15.7. The number of thiocarbonyl (C=S) groups is 1. The van der Waals surface area contributed by atoms with Crippen molar-refractivity contribution in [2.45, 2.75) is 0 Å². The number of methoxy groups -OCH3 is 1. The van der Waals surface area contributed by atoms with Crippen LogP contribution in [0.15, 0.2) is 40.0 Å². The van der Waals surface area contributed by atoms with Crippen molar-refractivity contribution in [1.82, 2.24) is 15.3 Å². The number of nitrogens with zero attached hydrogens (tertiary/aromatic N) is 2. The third-order valence-electron chi connectivity index (χ3n) is 3.67. The van der Waals surface area contributed by atoms with Gasteiger partial charge in [0.25, 0.3) is 5.91 Å². The van der Waals surface area contributed by atoms with Gasteiger partial charge in [-0.05, 0) is 12.1 Å². The average molecular weight is 404 g/mol. The molecule has 1 saturated heterocycles. The molecule has 0 aliphatic carbocycles. The van der Waals surface area contributed by atoms with E-state index in [0.29, 0.717) is 31.5 Å². The van der Waals surface area contributed by atoms with Gasteiger partial charge in [0.05, 0.1) is 12.0 Å². The third-order valence-corrected chi connectivity index (χ3v) is 5.10. The number of rotatable bonds is 3. The molecular formula is C17H10ClN3O3S2. The Kier molecular flexibility index (Phi) is 4.39. The molecule has 26 heavy (non-hydrogen) atoms. The highest BCUT2D eigenvalue weighted by Crippen LogP contribution is 2.34. The number of hydrogen-bond donors (Lipinski definition) is 1. The zero-order valence-corrected chi connectivity index (χ0v) is 15.7. The van der Waals surface area contributed by atoms with Crippen molar-refractivity contribution in [3.63, 3.8) is 0 Å². The summed E-state index contributed by atoms with van der Waals surface area (Å²) in [5, 5.41) is 3.76. The first-order valence-electron chi connectivity index (χ1n) is 7.37. The number of pyridine rings is 2. The van der Waals surface area contributed by atoms with E-state index in [2.05, 4.69) is 15.3 Å². The number of thioether (sulfide) groups is 1. The molecule has 1 aliphatic rings. The van der Waals surface area contributed by atoms with Gasteiger partial charge in [0.2, 0.25) is 5.88 Å². The number of carbonyl (C=O) groups is 1. The summed E-state index contributed by atoms with van der Waals surface area (Å²) in [4.78, 5) is 20.7. The topological polar surface area (TPSA) is 77.3 Å². The Morgan fingerprint density at radius 3 is 2.88 bits per heavy atom. The first-order chi connectivity index (χ1) is 12.5. The van der Waals surface area contributed by atoms with Gasteiger partial charge in [-0.2, -0.15) is 0 Å². The number of nitrogens with one attached hydrogen (secondary N) is 1. The van der Waals surface area contributed by atoms with Crippen molar-refractivity contribution in [1.29, 1.82) is 0 Å². The van der Waals surface area contributed by atoms with Crippen molar-refractivity contribution in [2.75, 3.05) is 7.11 Å². The van der Waals surface area contributed by atoms with Gasteiger partial charge < -0.3 is 14.5 Å². The molecule has 1 fully saturated rings. The van der Waals surface area contributed by atoms with E-state index < -0.39 is 0 Å². The molecule has 0 saturated carbocycles. The van der Waals surface area contributed by atoms with Gasteiger partial charge in [-0.1, -0.05) is 35.6 Å². The predicted molar refractivity (Wildman–Crippen MR) is 105 cm³/mol. The van der Waals surface area contributed by atoms with Crippen LogP contribution in [0.5, 0.6) is 5.88 Å². The summed E-state index contributed by atoms with van der Waals surface area (Å²) in [6, 6.07) is 3.55. The lowest BCUT2D eigenvalue weighted by Gasteiger charge is -2.05. The molecule has 6 nitrogen and oxygen atoms in total. The molecule has 9 heteroatoms.